The lowest BCUT2D eigenvalue weighted by molar-refractivity contribution is 0.108. The summed E-state index contributed by atoms with van der Waals surface area (Å²) in [6.45, 7) is 3.63. The van der Waals surface area contributed by atoms with Crippen molar-refractivity contribution in [2.75, 3.05) is 13.2 Å². The highest BCUT2D eigenvalue weighted by atomic mass is 32.2. The second kappa shape index (κ2) is 18.3. The summed E-state index contributed by atoms with van der Waals surface area (Å²) in [7, 11) is -6.64. The van der Waals surface area contributed by atoms with Gasteiger partial charge < -0.3 is 17.7 Å². The van der Waals surface area contributed by atoms with Crippen molar-refractivity contribution in [1.29, 1.82) is 0 Å². The third kappa shape index (κ3) is 8.82. The van der Waals surface area contributed by atoms with Crippen LogP contribution in [0.15, 0.2) is 146 Å². The average molecular weight is 763 g/mol. The van der Waals surface area contributed by atoms with Crippen molar-refractivity contribution >= 4 is 61.4 Å². The van der Waals surface area contributed by atoms with Crippen LogP contribution in [0.2, 0.25) is 0 Å². The molecule has 0 bridgehead atoms. The fourth-order valence-electron chi connectivity index (χ4n) is 7.17. The van der Waals surface area contributed by atoms with Crippen LogP contribution in [0.4, 0.5) is 0 Å². The minimum Gasteiger partial charge on any atom is -0.494 e. The zero-order valence-electron chi connectivity index (χ0n) is 30.1. The number of rotatable bonds is 15. The summed E-state index contributed by atoms with van der Waals surface area (Å²) < 4.78 is 29.3. The average Bonchev–Trinajstić information content (AvgIpc) is 3.59. The van der Waals surface area contributed by atoms with Crippen molar-refractivity contribution in [3.05, 3.63) is 151 Å². The van der Waals surface area contributed by atoms with E-state index in [0.717, 1.165) is 51.7 Å². The molecule has 0 amide bonds. The molecule has 0 aromatic heterocycles. The van der Waals surface area contributed by atoms with Gasteiger partial charge in [-0.1, -0.05) is 172 Å². The standard InChI is InChI=1S/C44H50O4S2Si2/c1-2-3-4-5-6-19-32-45-37-30-28-36(29-31-37)35-49-44-33-42-43(50-44)34-46-51(38-20-11-7-12-21-38,39-22-13-8-14-23-39)48-52(47-42,40-24-15-9-16-25-40)41-26-17-10-18-27-41/h7-18,20-31,42-44H,2-6,19,32-35H2,1H3/t42-,43+,44?/m0/s1. The Morgan fingerprint density at radius 1 is 0.635 bits per heavy atom. The summed E-state index contributed by atoms with van der Waals surface area (Å²) in [5, 5.41) is 4.58. The molecule has 2 heterocycles. The van der Waals surface area contributed by atoms with E-state index in [1.165, 1.54) is 37.7 Å². The number of hydrogen-bond acceptors (Lipinski definition) is 6. The first kappa shape index (κ1) is 37.2. The summed E-state index contributed by atoms with van der Waals surface area (Å²) >= 11 is 4.03. The summed E-state index contributed by atoms with van der Waals surface area (Å²) in [6, 6.07) is 51.3. The van der Waals surface area contributed by atoms with E-state index in [1.807, 2.05) is 23.5 Å². The molecule has 2 fully saturated rings. The highest BCUT2D eigenvalue weighted by molar-refractivity contribution is 8.17. The second-order valence-corrected chi connectivity index (χ2v) is 22.7. The molecule has 0 radical (unpaired) electrons. The number of fused-ring (bicyclic) bond motifs is 1. The maximum absolute atomic E-state index is 7.86. The van der Waals surface area contributed by atoms with Crippen LogP contribution in [0.1, 0.15) is 57.4 Å². The molecular weight excluding hydrogens is 713 g/mol. The van der Waals surface area contributed by atoms with Crippen LogP contribution >= 0.6 is 23.5 Å². The summed E-state index contributed by atoms with van der Waals surface area (Å²) in [5.74, 6) is 1.91. The Balaban J connectivity index is 1.14. The third-order valence-corrected chi connectivity index (χ3v) is 20.9. The van der Waals surface area contributed by atoms with Gasteiger partial charge in [-0.25, -0.2) is 0 Å². The molecule has 0 aliphatic carbocycles. The molecule has 0 saturated carbocycles. The van der Waals surface area contributed by atoms with Gasteiger partial charge in [0.15, 0.2) is 0 Å². The monoisotopic (exact) mass is 762 g/mol. The fourth-order valence-corrected chi connectivity index (χ4v) is 19.2. The van der Waals surface area contributed by atoms with Crippen molar-refractivity contribution in [2.45, 2.75) is 73.6 Å². The molecule has 7 rings (SSSR count). The minimum atomic E-state index is -3.35. The smallest absolute Gasteiger partial charge is 0.399 e. The van der Waals surface area contributed by atoms with Crippen LogP contribution in [-0.2, 0) is 18.7 Å². The first-order chi connectivity index (χ1) is 25.7. The van der Waals surface area contributed by atoms with E-state index >= 15 is 0 Å². The van der Waals surface area contributed by atoms with Gasteiger partial charge in [0.2, 0.25) is 0 Å². The van der Waals surface area contributed by atoms with E-state index in [4.69, 9.17) is 17.7 Å². The van der Waals surface area contributed by atoms with Gasteiger partial charge >= 0.3 is 17.1 Å². The molecule has 2 aliphatic heterocycles. The topological polar surface area (TPSA) is 36.9 Å². The Bertz CT molecular complexity index is 1700. The van der Waals surface area contributed by atoms with E-state index in [-0.39, 0.29) is 11.4 Å². The quantitative estimate of drug-likeness (QED) is 0.0788. The van der Waals surface area contributed by atoms with Gasteiger partial charge in [0.1, 0.15) is 5.75 Å². The highest BCUT2D eigenvalue weighted by Gasteiger charge is 2.58. The zero-order chi connectivity index (χ0) is 35.5. The number of benzene rings is 5. The number of hydrogen-bond donors (Lipinski definition) is 0. The maximum Gasteiger partial charge on any atom is 0.399 e. The molecule has 3 atom stereocenters. The molecule has 52 heavy (non-hydrogen) atoms. The first-order valence-corrected chi connectivity index (χ1v) is 24.5. The Hall–Kier alpha value is -3.09. The van der Waals surface area contributed by atoms with E-state index < -0.39 is 17.1 Å². The van der Waals surface area contributed by atoms with E-state index in [9.17, 15) is 0 Å². The van der Waals surface area contributed by atoms with Crippen molar-refractivity contribution < 1.29 is 17.7 Å². The molecule has 1 unspecified atom stereocenters. The number of thioether (sulfide) groups is 2. The lowest BCUT2D eigenvalue weighted by atomic mass is 10.1. The van der Waals surface area contributed by atoms with Crippen LogP contribution < -0.4 is 25.5 Å². The Labute approximate surface area is 321 Å². The largest absolute Gasteiger partial charge is 0.494 e. The Morgan fingerprint density at radius 3 is 1.71 bits per heavy atom. The van der Waals surface area contributed by atoms with Gasteiger partial charge in [0, 0.05) is 5.75 Å². The first-order valence-electron chi connectivity index (χ1n) is 18.9. The molecule has 0 spiro atoms. The van der Waals surface area contributed by atoms with Gasteiger partial charge in [0.25, 0.3) is 0 Å². The molecular formula is C44H50O4S2Si2. The van der Waals surface area contributed by atoms with Crippen LogP contribution in [0.5, 0.6) is 5.75 Å². The summed E-state index contributed by atoms with van der Waals surface area (Å²) in [5.41, 5.74) is 1.32. The van der Waals surface area contributed by atoms with Crippen LogP contribution in [0.3, 0.4) is 0 Å². The molecule has 270 valence electrons. The summed E-state index contributed by atoms with van der Waals surface area (Å²) in [6.07, 6.45) is 8.57. The van der Waals surface area contributed by atoms with E-state index in [2.05, 4.69) is 153 Å². The lowest BCUT2D eigenvalue weighted by Crippen LogP contribution is -2.77. The van der Waals surface area contributed by atoms with Crippen molar-refractivity contribution in [1.82, 2.24) is 0 Å². The molecule has 2 aliphatic rings. The van der Waals surface area contributed by atoms with E-state index in [0.29, 0.717) is 11.2 Å². The van der Waals surface area contributed by atoms with Crippen molar-refractivity contribution in [2.24, 2.45) is 0 Å². The van der Waals surface area contributed by atoms with Crippen molar-refractivity contribution in [3.8, 4) is 5.75 Å². The van der Waals surface area contributed by atoms with Gasteiger partial charge in [-0.05, 0) is 51.3 Å². The number of unbranched alkanes of at least 4 members (excludes halogenated alkanes) is 5. The van der Waals surface area contributed by atoms with Gasteiger partial charge in [-0.15, -0.1) is 23.5 Å². The van der Waals surface area contributed by atoms with Crippen LogP contribution in [0, 0.1) is 0 Å². The van der Waals surface area contributed by atoms with Crippen LogP contribution in [-0.4, -0.2) is 46.3 Å². The minimum absolute atomic E-state index is 0.00845. The highest BCUT2D eigenvalue weighted by Crippen LogP contribution is 2.45. The van der Waals surface area contributed by atoms with E-state index in [1.54, 1.807) is 0 Å². The Kier molecular flexibility index (Phi) is 13.1. The van der Waals surface area contributed by atoms with Crippen molar-refractivity contribution in [3.63, 3.8) is 0 Å². The maximum atomic E-state index is 7.86. The number of ether oxygens (including phenoxy) is 1. The van der Waals surface area contributed by atoms with Gasteiger partial charge in [-0.3, -0.25) is 0 Å². The van der Waals surface area contributed by atoms with Gasteiger partial charge in [-0.2, -0.15) is 0 Å². The summed E-state index contributed by atoms with van der Waals surface area (Å²) in [4.78, 5) is 0. The predicted octanol–water partition coefficient (Wildman–Crippen LogP) is 8.44. The molecule has 5 aromatic rings. The normalized spacial score (nSPS) is 20.8. The third-order valence-electron chi connectivity index (χ3n) is 9.96. The molecule has 8 heteroatoms. The van der Waals surface area contributed by atoms with Gasteiger partial charge in [0.05, 0.1) is 29.1 Å². The molecule has 2 saturated heterocycles. The SMILES string of the molecule is CCCCCCCCOc1ccc(CSC2C[C@@H]3O[Si](c4ccccc4)(c4ccccc4)O[Si](c4ccccc4)(c4ccccc4)OC[C@H]3S2)cc1. The zero-order valence-corrected chi connectivity index (χ0v) is 33.7. The fraction of sp³-hybridized carbons (Fsp3) is 0.318. The Morgan fingerprint density at radius 2 is 1.15 bits per heavy atom. The second-order valence-electron chi connectivity index (χ2n) is 13.7. The molecule has 4 nitrogen and oxygen atoms in total. The molecule has 5 aromatic carbocycles. The molecule has 0 N–H and O–H groups in total. The lowest BCUT2D eigenvalue weighted by Gasteiger charge is -2.45. The predicted molar refractivity (Wildman–Crippen MR) is 224 cm³/mol. The van der Waals surface area contributed by atoms with Crippen LogP contribution in [0.25, 0.3) is 0 Å².